The Hall–Kier alpha value is -1.48. The summed E-state index contributed by atoms with van der Waals surface area (Å²) in [5.74, 6) is 2.25. The molecule has 19 heavy (non-hydrogen) atoms. The number of rotatable bonds is 8. The maximum absolute atomic E-state index is 5.49. The topological polar surface area (TPSA) is 30.5 Å². The van der Waals surface area contributed by atoms with E-state index >= 15 is 0 Å². The van der Waals surface area contributed by atoms with Gasteiger partial charge in [-0.1, -0.05) is 32.1 Å². The van der Waals surface area contributed by atoms with Gasteiger partial charge in [-0.15, -0.1) is 0 Å². The third-order valence-corrected chi connectivity index (χ3v) is 2.61. The second-order valence-electron chi connectivity index (χ2n) is 4.80. The van der Waals surface area contributed by atoms with Crippen LogP contribution in [0, 0.1) is 5.92 Å². The van der Waals surface area contributed by atoms with Crippen LogP contribution >= 0.6 is 0 Å². The van der Waals surface area contributed by atoms with E-state index in [1.165, 1.54) is 0 Å². The number of nitrogens with one attached hydrogen (secondary N) is 1. The Balaban J connectivity index is 2.56. The molecule has 1 aromatic carbocycles. The summed E-state index contributed by atoms with van der Waals surface area (Å²) in [5, 5.41) is 3.37. The fourth-order valence-corrected chi connectivity index (χ4v) is 1.71. The van der Waals surface area contributed by atoms with Crippen molar-refractivity contribution in [3.05, 3.63) is 29.8 Å². The average Bonchev–Trinajstić information content (AvgIpc) is 2.39. The zero-order valence-electron chi connectivity index (χ0n) is 12.4. The van der Waals surface area contributed by atoms with E-state index in [2.05, 4.69) is 31.3 Å². The molecule has 0 aromatic heterocycles. The second kappa shape index (κ2) is 8.59. The molecule has 0 heterocycles. The van der Waals surface area contributed by atoms with Crippen LogP contribution in [0.1, 0.15) is 26.3 Å². The molecule has 0 aliphatic heterocycles. The van der Waals surface area contributed by atoms with Crippen molar-refractivity contribution in [2.24, 2.45) is 5.92 Å². The van der Waals surface area contributed by atoms with Gasteiger partial charge in [0.05, 0.1) is 13.7 Å². The lowest BCUT2D eigenvalue weighted by Gasteiger charge is -2.09. The summed E-state index contributed by atoms with van der Waals surface area (Å²) in [6, 6.07) is 5.97. The van der Waals surface area contributed by atoms with Gasteiger partial charge in [0.15, 0.2) is 11.5 Å². The maximum atomic E-state index is 5.49. The Kier molecular flexibility index (Phi) is 7.04. The first-order valence-electron chi connectivity index (χ1n) is 6.85. The first kappa shape index (κ1) is 15.6. The molecule has 0 bridgehead atoms. The van der Waals surface area contributed by atoms with Gasteiger partial charge in [0, 0.05) is 6.54 Å². The second-order valence-corrected chi connectivity index (χ2v) is 4.80. The van der Waals surface area contributed by atoms with Gasteiger partial charge in [-0.25, -0.2) is 0 Å². The van der Waals surface area contributed by atoms with Crippen LogP contribution in [0.15, 0.2) is 24.3 Å². The molecular weight excluding hydrogens is 238 g/mol. The summed E-state index contributed by atoms with van der Waals surface area (Å²) < 4.78 is 10.8. The molecule has 0 saturated heterocycles. The van der Waals surface area contributed by atoms with E-state index in [0.717, 1.165) is 30.2 Å². The predicted molar refractivity (Wildman–Crippen MR) is 80.9 cm³/mol. The Morgan fingerprint density at radius 3 is 2.68 bits per heavy atom. The molecule has 3 nitrogen and oxygen atoms in total. The van der Waals surface area contributed by atoms with E-state index in [1.807, 2.05) is 25.1 Å². The first-order chi connectivity index (χ1) is 9.17. The standard InChI is InChI=1S/C16H25NO2/c1-5-19-15-9-8-14(11-16(15)18-4)7-6-10-17-12-13(2)3/h6-9,11,13,17H,5,10,12H2,1-4H3. The molecule has 3 heteroatoms. The minimum absolute atomic E-state index is 0.644. The summed E-state index contributed by atoms with van der Waals surface area (Å²) in [5.41, 5.74) is 1.12. The normalized spacial score (nSPS) is 11.2. The highest BCUT2D eigenvalue weighted by atomic mass is 16.5. The van der Waals surface area contributed by atoms with E-state index < -0.39 is 0 Å². The third-order valence-electron chi connectivity index (χ3n) is 2.61. The SMILES string of the molecule is CCOc1ccc(C=CCNCC(C)C)cc1OC. The van der Waals surface area contributed by atoms with Crippen molar-refractivity contribution in [3.63, 3.8) is 0 Å². The lowest BCUT2D eigenvalue weighted by atomic mass is 10.2. The van der Waals surface area contributed by atoms with Crippen LogP contribution < -0.4 is 14.8 Å². The highest BCUT2D eigenvalue weighted by Crippen LogP contribution is 2.28. The molecule has 1 N–H and O–H groups in total. The highest BCUT2D eigenvalue weighted by Gasteiger charge is 2.03. The Bertz CT molecular complexity index is 400. The molecule has 0 fully saturated rings. The molecule has 0 radical (unpaired) electrons. The summed E-state index contributed by atoms with van der Waals surface area (Å²) in [6.45, 7) is 8.94. The van der Waals surface area contributed by atoms with Gasteiger partial charge >= 0.3 is 0 Å². The van der Waals surface area contributed by atoms with E-state index in [4.69, 9.17) is 9.47 Å². The van der Waals surface area contributed by atoms with Crippen LogP contribution in [0.3, 0.4) is 0 Å². The quantitative estimate of drug-likeness (QED) is 0.730. The molecule has 0 saturated carbocycles. The van der Waals surface area contributed by atoms with E-state index in [1.54, 1.807) is 7.11 Å². The third kappa shape index (κ3) is 5.79. The molecule has 0 unspecified atom stereocenters. The maximum Gasteiger partial charge on any atom is 0.161 e. The van der Waals surface area contributed by atoms with Gasteiger partial charge in [0.25, 0.3) is 0 Å². The van der Waals surface area contributed by atoms with Gasteiger partial charge in [0.2, 0.25) is 0 Å². The van der Waals surface area contributed by atoms with Crippen LogP contribution in [0.2, 0.25) is 0 Å². The molecule has 1 aromatic rings. The number of benzene rings is 1. The van der Waals surface area contributed by atoms with Crippen LogP contribution in [0.25, 0.3) is 6.08 Å². The van der Waals surface area contributed by atoms with Crippen LogP contribution in [0.5, 0.6) is 11.5 Å². The zero-order chi connectivity index (χ0) is 14.1. The van der Waals surface area contributed by atoms with Crippen molar-refractivity contribution >= 4 is 6.08 Å². The van der Waals surface area contributed by atoms with Crippen molar-refractivity contribution in [3.8, 4) is 11.5 Å². The Morgan fingerprint density at radius 2 is 2.05 bits per heavy atom. The Morgan fingerprint density at radius 1 is 1.26 bits per heavy atom. The minimum atomic E-state index is 0.644. The van der Waals surface area contributed by atoms with E-state index in [-0.39, 0.29) is 0 Å². The number of methoxy groups -OCH3 is 1. The Labute approximate surface area is 116 Å². The van der Waals surface area contributed by atoms with Gasteiger partial charge in [-0.2, -0.15) is 0 Å². The van der Waals surface area contributed by atoms with Crippen LogP contribution in [0.4, 0.5) is 0 Å². The van der Waals surface area contributed by atoms with Gasteiger partial charge in [0.1, 0.15) is 0 Å². The molecule has 0 spiro atoms. The molecule has 106 valence electrons. The summed E-state index contributed by atoms with van der Waals surface area (Å²) in [4.78, 5) is 0. The van der Waals surface area contributed by atoms with Crippen LogP contribution in [-0.4, -0.2) is 26.8 Å². The molecule has 0 amide bonds. The smallest absolute Gasteiger partial charge is 0.161 e. The lowest BCUT2D eigenvalue weighted by molar-refractivity contribution is 0.311. The number of ether oxygens (including phenoxy) is 2. The van der Waals surface area contributed by atoms with Crippen molar-refractivity contribution in [1.82, 2.24) is 5.32 Å². The van der Waals surface area contributed by atoms with Gasteiger partial charge < -0.3 is 14.8 Å². The van der Waals surface area contributed by atoms with E-state index in [9.17, 15) is 0 Å². The lowest BCUT2D eigenvalue weighted by Crippen LogP contribution is -2.19. The minimum Gasteiger partial charge on any atom is -0.493 e. The fraction of sp³-hybridized carbons (Fsp3) is 0.500. The first-order valence-corrected chi connectivity index (χ1v) is 6.85. The number of hydrogen-bond acceptors (Lipinski definition) is 3. The highest BCUT2D eigenvalue weighted by molar-refractivity contribution is 5.56. The monoisotopic (exact) mass is 263 g/mol. The van der Waals surface area contributed by atoms with Crippen molar-refractivity contribution < 1.29 is 9.47 Å². The fourth-order valence-electron chi connectivity index (χ4n) is 1.71. The molecular formula is C16H25NO2. The number of hydrogen-bond donors (Lipinski definition) is 1. The summed E-state index contributed by atoms with van der Waals surface area (Å²) in [7, 11) is 1.66. The van der Waals surface area contributed by atoms with Crippen molar-refractivity contribution in [2.75, 3.05) is 26.8 Å². The molecule has 0 atom stereocenters. The van der Waals surface area contributed by atoms with Gasteiger partial charge in [-0.3, -0.25) is 0 Å². The van der Waals surface area contributed by atoms with Crippen molar-refractivity contribution in [2.45, 2.75) is 20.8 Å². The van der Waals surface area contributed by atoms with Gasteiger partial charge in [-0.05, 0) is 37.1 Å². The van der Waals surface area contributed by atoms with Crippen molar-refractivity contribution in [1.29, 1.82) is 0 Å². The summed E-state index contributed by atoms with van der Waals surface area (Å²) >= 11 is 0. The van der Waals surface area contributed by atoms with E-state index in [0.29, 0.717) is 12.5 Å². The molecule has 0 aliphatic rings. The van der Waals surface area contributed by atoms with Crippen LogP contribution in [-0.2, 0) is 0 Å². The summed E-state index contributed by atoms with van der Waals surface area (Å²) in [6.07, 6.45) is 4.21. The average molecular weight is 263 g/mol. The molecule has 0 aliphatic carbocycles. The zero-order valence-corrected chi connectivity index (χ0v) is 12.4. The predicted octanol–water partition coefficient (Wildman–Crippen LogP) is 3.35. The largest absolute Gasteiger partial charge is 0.493 e. The molecule has 1 rings (SSSR count).